The molecule has 3 rings (SSSR count). The summed E-state index contributed by atoms with van der Waals surface area (Å²) in [6, 6.07) is 15.0. The Bertz CT molecular complexity index is 871. The third-order valence-corrected chi connectivity index (χ3v) is 6.57. The van der Waals surface area contributed by atoms with E-state index in [9.17, 15) is 8.42 Å². The Morgan fingerprint density at radius 1 is 1.07 bits per heavy atom. The van der Waals surface area contributed by atoms with Crippen LogP contribution in [0.25, 0.3) is 6.08 Å². The second kappa shape index (κ2) is 9.17. The Labute approximate surface area is 161 Å². The van der Waals surface area contributed by atoms with E-state index in [2.05, 4.69) is 5.32 Å². The van der Waals surface area contributed by atoms with Gasteiger partial charge in [0.05, 0.1) is 12.0 Å². The molecule has 0 saturated carbocycles. The maximum atomic E-state index is 12.5. The van der Waals surface area contributed by atoms with Crippen molar-refractivity contribution in [3.63, 3.8) is 0 Å². The number of methoxy groups -OCH3 is 1. The molecule has 0 atom stereocenters. The quantitative estimate of drug-likeness (QED) is 0.708. The number of sulfonamides is 1. The lowest BCUT2D eigenvalue weighted by atomic mass is 10.2. The maximum Gasteiger partial charge on any atom is 0.243 e. The van der Waals surface area contributed by atoms with Crippen LogP contribution in [0.1, 0.15) is 24.0 Å². The first-order chi connectivity index (χ1) is 13.1. The molecule has 2 aromatic rings. The van der Waals surface area contributed by atoms with E-state index in [1.54, 1.807) is 23.5 Å². The Morgan fingerprint density at radius 3 is 2.48 bits per heavy atom. The average molecular weight is 387 g/mol. The van der Waals surface area contributed by atoms with Crippen molar-refractivity contribution in [2.75, 3.05) is 26.7 Å². The standard InChI is InChI=1S/C21H26N2O3S/c1-26-21-9-3-2-7-19(21)8-6-14-22-17-18-10-12-20(13-11-18)27(24,25)23-15-4-5-16-23/h2-3,6-13,22H,4-5,14-17H2,1H3/b8-6+. The van der Waals surface area contributed by atoms with Crippen LogP contribution in [-0.2, 0) is 16.6 Å². The highest BCUT2D eigenvalue weighted by Gasteiger charge is 2.26. The van der Waals surface area contributed by atoms with Crippen LogP contribution in [-0.4, -0.2) is 39.5 Å². The van der Waals surface area contributed by atoms with Crippen LogP contribution in [0, 0.1) is 0 Å². The van der Waals surface area contributed by atoms with Gasteiger partial charge in [0.25, 0.3) is 0 Å². The molecule has 0 aliphatic carbocycles. The van der Waals surface area contributed by atoms with Gasteiger partial charge in [-0.15, -0.1) is 0 Å². The number of nitrogens with one attached hydrogen (secondary N) is 1. The van der Waals surface area contributed by atoms with E-state index in [-0.39, 0.29) is 0 Å². The van der Waals surface area contributed by atoms with Crippen molar-refractivity contribution >= 4 is 16.1 Å². The first-order valence-electron chi connectivity index (χ1n) is 9.20. The van der Waals surface area contributed by atoms with Gasteiger partial charge in [-0.1, -0.05) is 42.5 Å². The molecule has 1 aliphatic heterocycles. The van der Waals surface area contributed by atoms with Gasteiger partial charge in [0, 0.05) is 31.7 Å². The second-order valence-corrected chi connectivity index (χ2v) is 8.47. The Morgan fingerprint density at radius 2 is 1.78 bits per heavy atom. The molecule has 0 spiro atoms. The van der Waals surface area contributed by atoms with Crippen molar-refractivity contribution in [1.82, 2.24) is 9.62 Å². The molecule has 0 amide bonds. The van der Waals surface area contributed by atoms with Gasteiger partial charge in [-0.3, -0.25) is 0 Å². The SMILES string of the molecule is COc1ccccc1/C=C/CNCc1ccc(S(=O)(=O)N2CCCC2)cc1. The van der Waals surface area contributed by atoms with E-state index in [1.165, 1.54) is 0 Å². The number of nitrogens with zero attached hydrogens (tertiary/aromatic N) is 1. The number of benzene rings is 2. The van der Waals surface area contributed by atoms with Crippen LogP contribution in [0.15, 0.2) is 59.5 Å². The minimum atomic E-state index is -3.33. The summed E-state index contributed by atoms with van der Waals surface area (Å²) in [6.07, 6.45) is 5.97. The van der Waals surface area contributed by atoms with Crippen LogP contribution in [0.4, 0.5) is 0 Å². The van der Waals surface area contributed by atoms with Crippen LogP contribution in [0.5, 0.6) is 5.75 Å². The largest absolute Gasteiger partial charge is 0.496 e. The fraction of sp³-hybridized carbons (Fsp3) is 0.333. The molecule has 0 aromatic heterocycles. The fourth-order valence-corrected chi connectivity index (χ4v) is 4.66. The molecule has 0 radical (unpaired) electrons. The summed E-state index contributed by atoms with van der Waals surface area (Å²) in [7, 11) is -1.67. The van der Waals surface area contributed by atoms with Gasteiger partial charge in [0.15, 0.2) is 0 Å². The summed E-state index contributed by atoms with van der Waals surface area (Å²) in [4.78, 5) is 0.379. The Kier molecular flexibility index (Phi) is 6.66. The van der Waals surface area contributed by atoms with Gasteiger partial charge < -0.3 is 10.1 Å². The molecule has 27 heavy (non-hydrogen) atoms. The molecule has 1 aliphatic rings. The van der Waals surface area contributed by atoms with Crippen LogP contribution >= 0.6 is 0 Å². The van der Waals surface area contributed by atoms with Crippen molar-refractivity contribution < 1.29 is 13.2 Å². The van der Waals surface area contributed by atoms with Crippen molar-refractivity contribution in [2.45, 2.75) is 24.3 Å². The fourth-order valence-electron chi connectivity index (χ4n) is 3.15. The summed E-state index contributed by atoms with van der Waals surface area (Å²) >= 11 is 0. The highest BCUT2D eigenvalue weighted by Crippen LogP contribution is 2.21. The molecule has 1 saturated heterocycles. The van der Waals surface area contributed by atoms with Crippen molar-refractivity contribution in [3.05, 3.63) is 65.7 Å². The van der Waals surface area contributed by atoms with Gasteiger partial charge in [0.2, 0.25) is 10.0 Å². The van der Waals surface area contributed by atoms with Crippen LogP contribution in [0.3, 0.4) is 0 Å². The molecule has 0 bridgehead atoms. The molecule has 6 heteroatoms. The van der Waals surface area contributed by atoms with E-state index in [4.69, 9.17) is 4.74 Å². The van der Waals surface area contributed by atoms with Crippen molar-refractivity contribution in [3.8, 4) is 5.75 Å². The lowest BCUT2D eigenvalue weighted by Gasteiger charge is -2.15. The molecule has 144 valence electrons. The predicted octanol–water partition coefficient (Wildman–Crippen LogP) is 3.28. The minimum Gasteiger partial charge on any atom is -0.496 e. The zero-order valence-corrected chi connectivity index (χ0v) is 16.4. The lowest BCUT2D eigenvalue weighted by molar-refractivity contribution is 0.414. The molecule has 0 unspecified atom stereocenters. The van der Waals surface area contributed by atoms with Gasteiger partial charge >= 0.3 is 0 Å². The minimum absolute atomic E-state index is 0.379. The average Bonchev–Trinajstić information content (AvgIpc) is 3.24. The van der Waals surface area contributed by atoms with E-state index < -0.39 is 10.0 Å². The van der Waals surface area contributed by atoms with E-state index >= 15 is 0 Å². The second-order valence-electron chi connectivity index (χ2n) is 6.53. The highest BCUT2D eigenvalue weighted by atomic mass is 32.2. The first-order valence-corrected chi connectivity index (χ1v) is 10.6. The summed E-state index contributed by atoms with van der Waals surface area (Å²) < 4.78 is 31.9. The smallest absolute Gasteiger partial charge is 0.243 e. The van der Waals surface area contributed by atoms with Gasteiger partial charge in [-0.2, -0.15) is 4.31 Å². The normalized spacial score (nSPS) is 15.4. The Balaban J connectivity index is 1.51. The molecule has 1 N–H and O–H groups in total. The lowest BCUT2D eigenvalue weighted by Crippen LogP contribution is -2.27. The van der Waals surface area contributed by atoms with Crippen LogP contribution in [0.2, 0.25) is 0 Å². The van der Waals surface area contributed by atoms with Crippen molar-refractivity contribution in [1.29, 1.82) is 0 Å². The molecule has 2 aromatic carbocycles. The molecular weight excluding hydrogens is 360 g/mol. The first kappa shape index (κ1) is 19.6. The summed E-state index contributed by atoms with van der Waals surface area (Å²) in [6.45, 7) is 2.65. The monoisotopic (exact) mass is 386 g/mol. The number of para-hydroxylation sites is 1. The van der Waals surface area contributed by atoms with Crippen LogP contribution < -0.4 is 10.1 Å². The van der Waals surface area contributed by atoms with E-state index in [0.717, 1.165) is 29.7 Å². The summed E-state index contributed by atoms with van der Waals surface area (Å²) in [5.41, 5.74) is 2.10. The summed E-state index contributed by atoms with van der Waals surface area (Å²) in [5, 5.41) is 3.34. The van der Waals surface area contributed by atoms with Gasteiger partial charge in [-0.05, 0) is 36.6 Å². The number of hydrogen-bond donors (Lipinski definition) is 1. The molecule has 1 fully saturated rings. The third-order valence-electron chi connectivity index (χ3n) is 4.65. The van der Waals surface area contributed by atoms with E-state index in [1.807, 2.05) is 48.6 Å². The molecule has 5 nitrogen and oxygen atoms in total. The summed E-state index contributed by atoms with van der Waals surface area (Å²) in [5.74, 6) is 0.851. The maximum absolute atomic E-state index is 12.5. The zero-order chi connectivity index (χ0) is 19.1. The highest BCUT2D eigenvalue weighted by molar-refractivity contribution is 7.89. The zero-order valence-electron chi connectivity index (χ0n) is 15.6. The topological polar surface area (TPSA) is 58.6 Å². The number of ether oxygens (including phenoxy) is 1. The number of rotatable bonds is 8. The predicted molar refractivity (Wildman–Crippen MR) is 108 cm³/mol. The van der Waals surface area contributed by atoms with E-state index in [0.29, 0.717) is 31.1 Å². The van der Waals surface area contributed by atoms with Gasteiger partial charge in [0.1, 0.15) is 5.75 Å². The molecule has 1 heterocycles. The molecular formula is C21H26N2O3S. The number of hydrogen-bond acceptors (Lipinski definition) is 4. The van der Waals surface area contributed by atoms with Gasteiger partial charge in [-0.25, -0.2) is 8.42 Å². The van der Waals surface area contributed by atoms with Crippen molar-refractivity contribution in [2.24, 2.45) is 0 Å². The third kappa shape index (κ3) is 4.97. The Hall–Kier alpha value is -2.15.